The number of aromatic nitrogens is 1. The van der Waals surface area contributed by atoms with E-state index >= 15 is 0 Å². The lowest BCUT2D eigenvalue weighted by Crippen LogP contribution is -2.41. The molecule has 0 aromatic carbocycles. The highest BCUT2D eigenvalue weighted by atomic mass is 32.1. The molecular formula is C14H24N4OS. The zero-order valence-corrected chi connectivity index (χ0v) is 13.6. The van der Waals surface area contributed by atoms with Gasteiger partial charge in [0.15, 0.2) is 5.96 Å². The van der Waals surface area contributed by atoms with Crippen LogP contribution in [0, 0.1) is 19.8 Å². The number of nitrogens with one attached hydrogen (secondary N) is 1. The van der Waals surface area contributed by atoms with Crippen LogP contribution in [-0.4, -0.2) is 49.7 Å². The molecule has 1 saturated heterocycles. The van der Waals surface area contributed by atoms with Gasteiger partial charge in [-0.2, -0.15) is 0 Å². The normalized spacial score (nSPS) is 19.4. The van der Waals surface area contributed by atoms with Crippen LogP contribution < -0.4 is 5.32 Å². The van der Waals surface area contributed by atoms with Crippen molar-refractivity contribution in [2.75, 3.05) is 33.9 Å². The monoisotopic (exact) mass is 296 g/mol. The minimum Gasteiger partial charge on any atom is -0.381 e. The molecule has 1 aromatic rings. The summed E-state index contributed by atoms with van der Waals surface area (Å²) >= 11 is 1.74. The van der Waals surface area contributed by atoms with Crippen molar-refractivity contribution < 1.29 is 4.74 Å². The van der Waals surface area contributed by atoms with Crippen LogP contribution >= 0.6 is 11.3 Å². The quantitative estimate of drug-likeness (QED) is 0.680. The Balaban J connectivity index is 1.85. The molecule has 1 atom stereocenters. The number of hydrogen-bond donors (Lipinski definition) is 1. The van der Waals surface area contributed by atoms with Crippen molar-refractivity contribution in [3.8, 4) is 0 Å². The average Bonchev–Trinajstić information content (AvgIpc) is 3.01. The number of hydrogen-bond acceptors (Lipinski definition) is 4. The van der Waals surface area contributed by atoms with Gasteiger partial charge in [0.25, 0.3) is 0 Å². The minimum absolute atomic E-state index is 0.614. The van der Waals surface area contributed by atoms with Gasteiger partial charge in [0.2, 0.25) is 0 Å². The van der Waals surface area contributed by atoms with Crippen LogP contribution in [0.2, 0.25) is 0 Å². The molecule has 0 spiro atoms. The number of aryl methyl sites for hydroxylation is 2. The second-order valence-electron chi connectivity index (χ2n) is 5.26. The van der Waals surface area contributed by atoms with Crippen molar-refractivity contribution in [1.82, 2.24) is 15.2 Å². The Bertz CT molecular complexity index is 446. The Morgan fingerprint density at radius 1 is 1.55 bits per heavy atom. The SMILES string of the molecule is CN=C(NCc1nc(C)c(C)s1)N(C)CC1CCOC1. The van der Waals surface area contributed by atoms with E-state index in [1.807, 2.05) is 7.05 Å². The van der Waals surface area contributed by atoms with E-state index in [0.29, 0.717) is 5.92 Å². The van der Waals surface area contributed by atoms with E-state index in [-0.39, 0.29) is 0 Å². The highest BCUT2D eigenvalue weighted by molar-refractivity contribution is 7.11. The number of nitrogens with zero attached hydrogens (tertiary/aromatic N) is 3. The predicted molar refractivity (Wildman–Crippen MR) is 83.3 cm³/mol. The van der Waals surface area contributed by atoms with E-state index in [1.165, 1.54) is 4.88 Å². The number of thiazole rings is 1. The molecule has 0 radical (unpaired) electrons. The summed E-state index contributed by atoms with van der Waals surface area (Å²) in [6.45, 7) is 7.63. The molecule has 2 heterocycles. The first-order valence-electron chi connectivity index (χ1n) is 7.02. The Morgan fingerprint density at radius 2 is 2.35 bits per heavy atom. The van der Waals surface area contributed by atoms with Gasteiger partial charge in [-0.3, -0.25) is 4.99 Å². The van der Waals surface area contributed by atoms with Crippen molar-refractivity contribution in [1.29, 1.82) is 0 Å². The van der Waals surface area contributed by atoms with Crippen LogP contribution in [0.3, 0.4) is 0 Å². The van der Waals surface area contributed by atoms with Gasteiger partial charge in [-0.1, -0.05) is 0 Å². The highest BCUT2D eigenvalue weighted by Crippen LogP contribution is 2.16. The molecule has 2 rings (SSSR count). The largest absolute Gasteiger partial charge is 0.381 e. The maximum absolute atomic E-state index is 5.42. The van der Waals surface area contributed by atoms with Gasteiger partial charge >= 0.3 is 0 Å². The Kier molecular flexibility index (Phi) is 5.37. The Labute approximate surface area is 125 Å². The van der Waals surface area contributed by atoms with Gasteiger partial charge in [0.1, 0.15) is 5.01 Å². The first-order valence-corrected chi connectivity index (χ1v) is 7.84. The molecule has 112 valence electrons. The lowest BCUT2D eigenvalue weighted by molar-refractivity contribution is 0.181. The summed E-state index contributed by atoms with van der Waals surface area (Å²) in [5.74, 6) is 1.53. The van der Waals surface area contributed by atoms with Crippen molar-refractivity contribution in [2.45, 2.75) is 26.8 Å². The summed E-state index contributed by atoms with van der Waals surface area (Å²) in [5, 5.41) is 4.49. The number of aliphatic imine (C=N–C) groups is 1. The van der Waals surface area contributed by atoms with Crippen molar-refractivity contribution >= 4 is 17.3 Å². The Hall–Kier alpha value is -1.14. The second kappa shape index (κ2) is 7.04. The lowest BCUT2D eigenvalue weighted by atomic mass is 10.1. The van der Waals surface area contributed by atoms with E-state index < -0.39 is 0 Å². The zero-order chi connectivity index (χ0) is 14.5. The standard InChI is InChI=1S/C14H24N4OS/c1-10-11(2)20-13(17-10)7-16-14(15-3)18(4)8-12-5-6-19-9-12/h12H,5-9H2,1-4H3,(H,15,16). The summed E-state index contributed by atoms with van der Waals surface area (Å²) in [6.07, 6.45) is 1.15. The molecule has 1 N–H and O–H groups in total. The zero-order valence-electron chi connectivity index (χ0n) is 12.8. The number of rotatable bonds is 4. The van der Waals surface area contributed by atoms with E-state index in [4.69, 9.17) is 4.74 Å². The molecule has 0 saturated carbocycles. The molecule has 0 bridgehead atoms. The minimum atomic E-state index is 0.614. The molecule has 1 fully saturated rings. The molecule has 20 heavy (non-hydrogen) atoms. The molecule has 6 heteroatoms. The average molecular weight is 296 g/mol. The van der Waals surface area contributed by atoms with Crippen LogP contribution in [0.5, 0.6) is 0 Å². The summed E-state index contributed by atoms with van der Waals surface area (Å²) in [7, 11) is 3.90. The summed E-state index contributed by atoms with van der Waals surface area (Å²) in [5.41, 5.74) is 1.12. The van der Waals surface area contributed by atoms with Crippen molar-refractivity contribution in [3.05, 3.63) is 15.6 Å². The molecule has 1 aromatic heterocycles. The van der Waals surface area contributed by atoms with Crippen LogP contribution in [0.1, 0.15) is 22.0 Å². The maximum atomic E-state index is 5.42. The van der Waals surface area contributed by atoms with E-state index in [1.54, 1.807) is 11.3 Å². The smallest absolute Gasteiger partial charge is 0.193 e. The third-order valence-electron chi connectivity index (χ3n) is 3.60. The fraction of sp³-hybridized carbons (Fsp3) is 0.714. The topological polar surface area (TPSA) is 49.8 Å². The number of ether oxygens (including phenoxy) is 1. The van der Waals surface area contributed by atoms with Crippen molar-refractivity contribution in [2.24, 2.45) is 10.9 Å². The fourth-order valence-corrected chi connectivity index (χ4v) is 3.23. The van der Waals surface area contributed by atoms with Crippen LogP contribution in [0.15, 0.2) is 4.99 Å². The van der Waals surface area contributed by atoms with Crippen LogP contribution in [0.25, 0.3) is 0 Å². The summed E-state index contributed by atoms with van der Waals surface area (Å²) in [6, 6.07) is 0. The molecule has 0 aliphatic carbocycles. The lowest BCUT2D eigenvalue weighted by Gasteiger charge is -2.24. The highest BCUT2D eigenvalue weighted by Gasteiger charge is 2.19. The number of guanidine groups is 1. The van der Waals surface area contributed by atoms with Gasteiger partial charge in [-0.05, 0) is 20.3 Å². The molecular weight excluding hydrogens is 272 g/mol. The van der Waals surface area contributed by atoms with Gasteiger partial charge in [-0.15, -0.1) is 11.3 Å². The summed E-state index contributed by atoms with van der Waals surface area (Å²) < 4.78 is 5.42. The van der Waals surface area contributed by atoms with Crippen LogP contribution in [-0.2, 0) is 11.3 Å². The first kappa shape index (κ1) is 15.3. The molecule has 1 aliphatic heterocycles. The maximum Gasteiger partial charge on any atom is 0.193 e. The van der Waals surface area contributed by atoms with E-state index in [9.17, 15) is 0 Å². The van der Waals surface area contributed by atoms with Gasteiger partial charge in [-0.25, -0.2) is 4.98 Å². The van der Waals surface area contributed by atoms with Gasteiger partial charge < -0.3 is 15.0 Å². The fourth-order valence-electron chi connectivity index (χ4n) is 2.36. The van der Waals surface area contributed by atoms with Crippen LogP contribution in [0.4, 0.5) is 0 Å². The van der Waals surface area contributed by atoms with E-state index in [2.05, 4.69) is 41.1 Å². The molecule has 5 nitrogen and oxygen atoms in total. The van der Waals surface area contributed by atoms with Crippen molar-refractivity contribution in [3.63, 3.8) is 0 Å². The second-order valence-corrected chi connectivity index (χ2v) is 6.55. The predicted octanol–water partition coefficient (Wildman–Crippen LogP) is 1.80. The van der Waals surface area contributed by atoms with Gasteiger partial charge in [0, 0.05) is 38.0 Å². The van der Waals surface area contributed by atoms with E-state index in [0.717, 1.165) is 49.4 Å². The molecule has 1 aliphatic rings. The van der Waals surface area contributed by atoms with Gasteiger partial charge in [0.05, 0.1) is 18.8 Å². The Morgan fingerprint density at radius 3 is 2.90 bits per heavy atom. The third kappa shape index (κ3) is 3.93. The first-order chi connectivity index (χ1) is 9.60. The third-order valence-corrected chi connectivity index (χ3v) is 4.67. The molecule has 1 unspecified atom stereocenters. The molecule has 0 amide bonds. The summed E-state index contributed by atoms with van der Waals surface area (Å²) in [4.78, 5) is 12.3.